The number of hydrogen-bond acceptors (Lipinski definition) is 6. The van der Waals surface area contributed by atoms with E-state index in [1.54, 1.807) is 46.7 Å². The Bertz CT molecular complexity index is 1120. The molecule has 2 aromatic heterocycles. The number of rotatable bonds is 5. The molecule has 0 unspecified atom stereocenters. The SMILES string of the molecule is C[C@@H](Oc1ccc(Cl)cc1Cl)C(=O)N1CCN(Cc2cc(=O)n3ccsc3n2)CC1. The third-order valence-electron chi connectivity index (χ3n) is 4.97. The highest BCUT2D eigenvalue weighted by Gasteiger charge is 2.26. The van der Waals surface area contributed by atoms with Gasteiger partial charge in [0.15, 0.2) is 11.1 Å². The Hall–Kier alpha value is -2.13. The minimum atomic E-state index is -0.654. The predicted octanol–water partition coefficient (Wildman–Crippen LogP) is 3.17. The molecule has 158 valence electrons. The van der Waals surface area contributed by atoms with E-state index in [4.69, 9.17) is 27.9 Å². The zero-order valence-electron chi connectivity index (χ0n) is 16.3. The number of carbonyl (C=O) groups is 1. The van der Waals surface area contributed by atoms with Gasteiger partial charge in [-0.15, -0.1) is 11.3 Å². The van der Waals surface area contributed by atoms with Gasteiger partial charge >= 0.3 is 0 Å². The van der Waals surface area contributed by atoms with Crippen LogP contribution in [-0.2, 0) is 11.3 Å². The van der Waals surface area contributed by atoms with Crippen LogP contribution in [0.15, 0.2) is 40.6 Å². The summed E-state index contributed by atoms with van der Waals surface area (Å²) in [6.45, 7) is 4.87. The maximum absolute atomic E-state index is 12.8. The van der Waals surface area contributed by atoms with Crippen LogP contribution in [0.25, 0.3) is 4.96 Å². The van der Waals surface area contributed by atoms with E-state index in [0.717, 1.165) is 5.69 Å². The number of fused-ring (bicyclic) bond motifs is 1. The van der Waals surface area contributed by atoms with Crippen LogP contribution < -0.4 is 10.3 Å². The largest absolute Gasteiger partial charge is 0.479 e. The van der Waals surface area contributed by atoms with Crippen molar-refractivity contribution in [2.24, 2.45) is 0 Å². The monoisotopic (exact) mass is 466 g/mol. The molecule has 1 atom stereocenters. The van der Waals surface area contributed by atoms with E-state index in [9.17, 15) is 9.59 Å². The Kier molecular flexibility index (Phi) is 6.29. The van der Waals surface area contributed by atoms with Crippen LogP contribution in [0.3, 0.4) is 0 Å². The van der Waals surface area contributed by atoms with Gasteiger partial charge in [-0.1, -0.05) is 23.2 Å². The number of aromatic nitrogens is 2. The van der Waals surface area contributed by atoms with Crippen molar-refractivity contribution in [1.29, 1.82) is 0 Å². The summed E-state index contributed by atoms with van der Waals surface area (Å²) in [4.78, 5) is 34.1. The molecule has 0 spiro atoms. The lowest BCUT2D eigenvalue weighted by Crippen LogP contribution is -2.51. The fraction of sp³-hybridized carbons (Fsp3) is 0.350. The predicted molar refractivity (Wildman–Crippen MR) is 118 cm³/mol. The van der Waals surface area contributed by atoms with Crippen LogP contribution >= 0.6 is 34.5 Å². The second kappa shape index (κ2) is 8.93. The lowest BCUT2D eigenvalue weighted by Gasteiger charge is -2.35. The van der Waals surface area contributed by atoms with E-state index in [0.29, 0.717) is 53.5 Å². The third-order valence-corrected chi connectivity index (χ3v) is 6.26. The van der Waals surface area contributed by atoms with Crippen molar-refractivity contribution in [1.82, 2.24) is 19.2 Å². The van der Waals surface area contributed by atoms with Crippen molar-refractivity contribution in [3.63, 3.8) is 0 Å². The molecule has 0 N–H and O–H groups in total. The van der Waals surface area contributed by atoms with Crippen LogP contribution in [0.1, 0.15) is 12.6 Å². The van der Waals surface area contributed by atoms with Gasteiger partial charge in [0.25, 0.3) is 11.5 Å². The van der Waals surface area contributed by atoms with Crippen molar-refractivity contribution in [2.75, 3.05) is 26.2 Å². The van der Waals surface area contributed by atoms with Crippen molar-refractivity contribution in [3.05, 3.63) is 61.9 Å². The maximum Gasteiger partial charge on any atom is 0.263 e. The number of halogens is 2. The molecule has 1 amide bonds. The fourth-order valence-corrected chi connectivity index (χ4v) is 4.58. The maximum atomic E-state index is 12.8. The molecule has 3 aromatic rings. The number of hydrogen-bond donors (Lipinski definition) is 0. The van der Waals surface area contributed by atoms with Gasteiger partial charge < -0.3 is 9.64 Å². The third kappa shape index (κ3) is 4.62. The van der Waals surface area contributed by atoms with Crippen LogP contribution in [0.5, 0.6) is 5.75 Å². The number of ether oxygens (including phenoxy) is 1. The molecule has 7 nitrogen and oxygen atoms in total. The molecule has 0 bridgehead atoms. The molecule has 0 radical (unpaired) electrons. The molecular weight excluding hydrogens is 447 g/mol. The Morgan fingerprint density at radius 2 is 2.00 bits per heavy atom. The van der Waals surface area contributed by atoms with E-state index < -0.39 is 6.10 Å². The molecular formula is C20H20Cl2N4O3S. The second-order valence-electron chi connectivity index (χ2n) is 7.08. The summed E-state index contributed by atoms with van der Waals surface area (Å²) < 4.78 is 7.28. The molecule has 0 aliphatic carbocycles. The smallest absolute Gasteiger partial charge is 0.263 e. The van der Waals surface area contributed by atoms with Gasteiger partial charge in [-0.05, 0) is 25.1 Å². The molecule has 30 heavy (non-hydrogen) atoms. The molecule has 1 aliphatic heterocycles. The van der Waals surface area contributed by atoms with E-state index in [2.05, 4.69) is 9.88 Å². The van der Waals surface area contributed by atoms with Crippen LogP contribution in [0.4, 0.5) is 0 Å². The summed E-state index contributed by atoms with van der Waals surface area (Å²) in [6.07, 6.45) is 1.07. The number of piperazine rings is 1. The summed E-state index contributed by atoms with van der Waals surface area (Å²) in [6, 6.07) is 6.49. The lowest BCUT2D eigenvalue weighted by atomic mass is 10.2. The van der Waals surface area contributed by atoms with Crippen molar-refractivity contribution < 1.29 is 9.53 Å². The zero-order valence-corrected chi connectivity index (χ0v) is 18.6. The first kappa shape index (κ1) is 21.1. The quantitative estimate of drug-likeness (QED) is 0.577. The average molecular weight is 467 g/mol. The van der Waals surface area contributed by atoms with Gasteiger partial charge in [0.05, 0.1) is 10.7 Å². The second-order valence-corrected chi connectivity index (χ2v) is 8.79. The molecule has 0 saturated carbocycles. The zero-order chi connectivity index (χ0) is 21.3. The minimum Gasteiger partial charge on any atom is -0.479 e. The van der Waals surface area contributed by atoms with E-state index in [-0.39, 0.29) is 11.5 Å². The summed E-state index contributed by atoms with van der Waals surface area (Å²) in [5.41, 5.74) is 0.674. The first-order valence-corrected chi connectivity index (χ1v) is 11.1. The molecule has 10 heteroatoms. The Labute approximate surface area is 187 Å². The number of carbonyl (C=O) groups excluding carboxylic acids is 1. The van der Waals surface area contributed by atoms with Crippen molar-refractivity contribution in [2.45, 2.75) is 19.6 Å². The molecule has 3 heterocycles. The molecule has 1 aliphatic rings. The number of nitrogens with zero attached hydrogens (tertiary/aromatic N) is 4. The highest BCUT2D eigenvalue weighted by atomic mass is 35.5. The van der Waals surface area contributed by atoms with Gasteiger partial charge in [0.1, 0.15) is 5.75 Å². The van der Waals surface area contributed by atoms with Crippen LogP contribution in [-0.4, -0.2) is 57.4 Å². The Morgan fingerprint density at radius 3 is 2.73 bits per heavy atom. The normalized spacial score (nSPS) is 16.0. The highest BCUT2D eigenvalue weighted by molar-refractivity contribution is 7.15. The van der Waals surface area contributed by atoms with Gasteiger partial charge in [-0.25, -0.2) is 4.98 Å². The number of thiazole rings is 1. The summed E-state index contributed by atoms with van der Waals surface area (Å²) in [5, 5.41) is 2.73. The summed E-state index contributed by atoms with van der Waals surface area (Å²) in [7, 11) is 0. The van der Waals surface area contributed by atoms with E-state index >= 15 is 0 Å². The van der Waals surface area contributed by atoms with E-state index in [1.165, 1.54) is 11.3 Å². The average Bonchev–Trinajstić information content (AvgIpc) is 3.19. The van der Waals surface area contributed by atoms with Crippen molar-refractivity contribution >= 4 is 45.4 Å². The standard InChI is InChI=1S/C20H20Cl2N4O3S/c1-13(29-17-3-2-14(21)10-16(17)22)19(28)25-6-4-24(5-7-25)12-15-11-18(27)26-8-9-30-20(26)23-15/h2-3,8-11,13H,4-7,12H2,1H3/t13-/m1/s1. The molecule has 1 saturated heterocycles. The lowest BCUT2D eigenvalue weighted by molar-refractivity contribution is -0.139. The van der Waals surface area contributed by atoms with Gasteiger partial charge in [-0.2, -0.15) is 0 Å². The van der Waals surface area contributed by atoms with Gasteiger partial charge in [-0.3, -0.25) is 18.9 Å². The fourth-order valence-electron chi connectivity index (χ4n) is 3.39. The first-order chi connectivity index (χ1) is 14.4. The number of benzene rings is 1. The van der Waals surface area contributed by atoms with Gasteiger partial charge in [0, 0.05) is 55.4 Å². The van der Waals surface area contributed by atoms with Crippen LogP contribution in [0, 0.1) is 0 Å². The van der Waals surface area contributed by atoms with Gasteiger partial charge in [0.2, 0.25) is 0 Å². The topological polar surface area (TPSA) is 67.2 Å². The highest BCUT2D eigenvalue weighted by Crippen LogP contribution is 2.28. The summed E-state index contributed by atoms with van der Waals surface area (Å²) in [5.74, 6) is 0.346. The minimum absolute atomic E-state index is 0.0723. The Balaban J connectivity index is 1.33. The molecule has 1 fully saturated rings. The Morgan fingerprint density at radius 1 is 1.23 bits per heavy atom. The van der Waals surface area contributed by atoms with Crippen molar-refractivity contribution in [3.8, 4) is 5.75 Å². The molecule has 4 rings (SSSR count). The molecule has 1 aromatic carbocycles. The first-order valence-electron chi connectivity index (χ1n) is 9.49. The van der Waals surface area contributed by atoms with E-state index in [1.807, 2.05) is 5.38 Å². The summed E-state index contributed by atoms with van der Waals surface area (Å²) >= 11 is 13.5. The number of amides is 1. The van der Waals surface area contributed by atoms with Crippen LogP contribution in [0.2, 0.25) is 10.0 Å².